The van der Waals surface area contributed by atoms with Crippen molar-refractivity contribution in [2.75, 3.05) is 13.2 Å². The van der Waals surface area contributed by atoms with E-state index in [0.717, 1.165) is 70.1 Å². The van der Waals surface area contributed by atoms with Crippen molar-refractivity contribution < 1.29 is 28.6 Å². The number of unbranched alkanes of at least 4 members (excludes halogenated alkanes) is 32. The first kappa shape index (κ1) is 54.4. The summed E-state index contributed by atoms with van der Waals surface area (Å²) in [6.45, 7) is 8.95. The van der Waals surface area contributed by atoms with Crippen LogP contribution in [0.5, 0.6) is 0 Å². The van der Waals surface area contributed by atoms with E-state index in [0.29, 0.717) is 19.3 Å². The van der Waals surface area contributed by atoms with Gasteiger partial charge in [0.1, 0.15) is 13.2 Å². The van der Waals surface area contributed by atoms with Crippen LogP contribution in [0.3, 0.4) is 0 Å². The van der Waals surface area contributed by atoms with Crippen LogP contribution in [-0.4, -0.2) is 37.2 Å². The molecule has 0 aromatic rings. The van der Waals surface area contributed by atoms with Gasteiger partial charge in [0.2, 0.25) is 0 Å². The Morgan fingerprint density at radius 2 is 0.589 bits per heavy atom. The van der Waals surface area contributed by atoms with Crippen molar-refractivity contribution in [3.05, 3.63) is 0 Å². The third kappa shape index (κ3) is 43.5. The van der Waals surface area contributed by atoms with E-state index in [-0.39, 0.29) is 31.1 Å². The minimum absolute atomic E-state index is 0.0645. The molecule has 0 spiro atoms. The van der Waals surface area contributed by atoms with Gasteiger partial charge in [-0.3, -0.25) is 14.4 Å². The zero-order chi connectivity index (χ0) is 41.0. The zero-order valence-electron chi connectivity index (χ0n) is 38.1. The maximum atomic E-state index is 12.6. The highest BCUT2D eigenvalue weighted by molar-refractivity contribution is 5.71. The summed E-state index contributed by atoms with van der Waals surface area (Å²) < 4.78 is 16.7. The first-order valence-electron chi connectivity index (χ1n) is 24.9. The van der Waals surface area contributed by atoms with Crippen LogP contribution in [0.25, 0.3) is 0 Å². The maximum absolute atomic E-state index is 12.6. The van der Waals surface area contributed by atoms with Crippen LogP contribution in [0.2, 0.25) is 0 Å². The molecule has 0 saturated carbocycles. The molecule has 0 rings (SSSR count). The Labute approximate surface area is 348 Å². The SMILES string of the molecule is CCCCCCCCCCCCCCCCCC(=O)OC[C@H](COC(=O)CCCCCCCCCCCCCCCCCC(C)C)OC(=O)CCCCCCC. The molecule has 6 nitrogen and oxygen atoms in total. The van der Waals surface area contributed by atoms with Crippen molar-refractivity contribution in [2.45, 2.75) is 284 Å². The lowest BCUT2D eigenvalue weighted by molar-refractivity contribution is -0.167. The van der Waals surface area contributed by atoms with Crippen LogP contribution < -0.4 is 0 Å². The Morgan fingerprint density at radius 1 is 0.339 bits per heavy atom. The van der Waals surface area contributed by atoms with Crippen molar-refractivity contribution in [2.24, 2.45) is 5.92 Å². The molecule has 0 aliphatic rings. The molecule has 0 N–H and O–H groups in total. The van der Waals surface area contributed by atoms with Crippen LogP contribution >= 0.6 is 0 Å². The number of rotatable bonds is 45. The van der Waals surface area contributed by atoms with Crippen LogP contribution in [0, 0.1) is 5.92 Å². The molecule has 0 aliphatic heterocycles. The maximum Gasteiger partial charge on any atom is 0.306 e. The predicted octanol–water partition coefficient (Wildman–Crippen LogP) is 15.9. The van der Waals surface area contributed by atoms with Crippen LogP contribution in [0.1, 0.15) is 278 Å². The summed E-state index contributed by atoms with van der Waals surface area (Å²) in [5.41, 5.74) is 0. The monoisotopic (exact) mass is 793 g/mol. The van der Waals surface area contributed by atoms with Gasteiger partial charge in [-0.2, -0.15) is 0 Å². The summed E-state index contributed by atoms with van der Waals surface area (Å²) >= 11 is 0. The minimum atomic E-state index is -0.758. The molecule has 0 heterocycles. The van der Waals surface area contributed by atoms with Gasteiger partial charge in [0, 0.05) is 19.3 Å². The molecule has 0 aliphatic carbocycles. The molecular weight excluding hydrogens is 697 g/mol. The first-order valence-corrected chi connectivity index (χ1v) is 24.9. The van der Waals surface area contributed by atoms with Gasteiger partial charge >= 0.3 is 17.9 Å². The van der Waals surface area contributed by atoms with Gasteiger partial charge in [-0.1, -0.05) is 240 Å². The summed E-state index contributed by atoms with van der Waals surface area (Å²) in [6.07, 6.45) is 45.5. The second-order valence-corrected chi connectivity index (χ2v) is 17.6. The molecule has 0 bridgehead atoms. The van der Waals surface area contributed by atoms with Gasteiger partial charge in [0.15, 0.2) is 6.10 Å². The summed E-state index contributed by atoms with van der Waals surface area (Å²) in [5, 5.41) is 0. The Balaban J connectivity index is 4.07. The van der Waals surface area contributed by atoms with Crippen molar-refractivity contribution >= 4 is 17.9 Å². The minimum Gasteiger partial charge on any atom is -0.462 e. The third-order valence-electron chi connectivity index (χ3n) is 11.3. The molecule has 0 saturated heterocycles. The van der Waals surface area contributed by atoms with Crippen LogP contribution in [0.15, 0.2) is 0 Å². The van der Waals surface area contributed by atoms with E-state index in [1.807, 2.05) is 0 Å². The van der Waals surface area contributed by atoms with E-state index in [2.05, 4.69) is 27.7 Å². The Bertz CT molecular complexity index is 841. The summed E-state index contributed by atoms with van der Waals surface area (Å²) in [6, 6.07) is 0. The molecule has 0 fully saturated rings. The molecule has 6 heteroatoms. The van der Waals surface area contributed by atoms with Crippen LogP contribution in [0.4, 0.5) is 0 Å². The number of hydrogen-bond acceptors (Lipinski definition) is 6. The van der Waals surface area contributed by atoms with Crippen molar-refractivity contribution in [1.82, 2.24) is 0 Å². The number of esters is 3. The van der Waals surface area contributed by atoms with Gasteiger partial charge in [-0.05, 0) is 25.2 Å². The molecule has 0 amide bonds. The summed E-state index contributed by atoms with van der Waals surface area (Å²) in [7, 11) is 0. The molecular formula is C50H96O6. The molecule has 56 heavy (non-hydrogen) atoms. The second kappa shape index (κ2) is 44.5. The highest BCUT2D eigenvalue weighted by atomic mass is 16.6. The Hall–Kier alpha value is -1.59. The molecule has 0 unspecified atom stereocenters. The molecule has 332 valence electrons. The number of ether oxygens (including phenoxy) is 3. The van der Waals surface area contributed by atoms with Gasteiger partial charge in [0.05, 0.1) is 0 Å². The number of carbonyl (C=O) groups is 3. The van der Waals surface area contributed by atoms with E-state index < -0.39 is 6.10 Å². The Kier molecular flexibility index (Phi) is 43.2. The second-order valence-electron chi connectivity index (χ2n) is 17.6. The van der Waals surface area contributed by atoms with Gasteiger partial charge < -0.3 is 14.2 Å². The molecule has 0 aromatic heterocycles. The Morgan fingerprint density at radius 3 is 0.875 bits per heavy atom. The molecule has 1 atom stereocenters. The van der Waals surface area contributed by atoms with Gasteiger partial charge in [0.25, 0.3) is 0 Å². The van der Waals surface area contributed by atoms with Crippen LogP contribution in [-0.2, 0) is 28.6 Å². The number of carbonyl (C=O) groups excluding carboxylic acids is 3. The normalized spacial score (nSPS) is 11.9. The van der Waals surface area contributed by atoms with E-state index >= 15 is 0 Å². The highest BCUT2D eigenvalue weighted by Gasteiger charge is 2.19. The average molecular weight is 793 g/mol. The van der Waals surface area contributed by atoms with E-state index in [1.54, 1.807) is 0 Å². The number of hydrogen-bond donors (Lipinski definition) is 0. The van der Waals surface area contributed by atoms with E-state index in [9.17, 15) is 14.4 Å². The van der Waals surface area contributed by atoms with E-state index in [1.165, 1.54) is 167 Å². The standard InChI is InChI=1S/C50H96O6/c1-5-7-9-11-12-13-14-15-17-21-24-27-30-34-37-41-48(51)54-44-47(56-50(53)43-39-32-10-8-6-2)45-55-49(52)42-38-35-31-28-25-22-19-16-18-20-23-26-29-33-36-40-46(3)4/h46-47H,5-45H2,1-4H3/t47-/m1/s1. The van der Waals surface area contributed by atoms with Crippen molar-refractivity contribution in [1.29, 1.82) is 0 Å². The highest BCUT2D eigenvalue weighted by Crippen LogP contribution is 2.17. The zero-order valence-corrected chi connectivity index (χ0v) is 38.1. The smallest absolute Gasteiger partial charge is 0.306 e. The first-order chi connectivity index (χ1) is 27.4. The molecule has 0 aromatic carbocycles. The lowest BCUT2D eigenvalue weighted by Gasteiger charge is -2.18. The van der Waals surface area contributed by atoms with Gasteiger partial charge in [-0.25, -0.2) is 0 Å². The van der Waals surface area contributed by atoms with Crippen molar-refractivity contribution in [3.63, 3.8) is 0 Å². The largest absolute Gasteiger partial charge is 0.462 e. The predicted molar refractivity (Wildman–Crippen MR) is 238 cm³/mol. The lowest BCUT2D eigenvalue weighted by Crippen LogP contribution is -2.30. The fourth-order valence-corrected chi connectivity index (χ4v) is 7.51. The van der Waals surface area contributed by atoms with E-state index in [4.69, 9.17) is 14.2 Å². The summed E-state index contributed by atoms with van der Waals surface area (Å²) in [4.78, 5) is 37.6. The van der Waals surface area contributed by atoms with Gasteiger partial charge in [-0.15, -0.1) is 0 Å². The average Bonchev–Trinajstić information content (AvgIpc) is 3.18. The third-order valence-corrected chi connectivity index (χ3v) is 11.3. The molecule has 0 radical (unpaired) electrons. The fraction of sp³-hybridized carbons (Fsp3) is 0.940. The van der Waals surface area contributed by atoms with Crippen molar-refractivity contribution in [3.8, 4) is 0 Å². The quantitative estimate of drug-likeness (QED) is 0.0347. The topological polar surface area (TPSA) is 78.9 Å². The fourth-order valence-electron chi connectivity index (χ4n) is 7.51. The lowest BCUT2D eigenvalue weighted by atomic mass is 10.0. The summed E-state index contributed by atoms with van der Waals surface area (Å²) in [5.74, 6) is -0.0130.